The maximum atomic E-state index is 12.6. The predicted octanol–water partition coefficient (Wildman–Crippen LogP) is 2.58. The molecule has 4 nitrogen and oxygen atoms in total. The summed E-state index contributed by atoms with van der Waals surface area (Å²) in [5.74, 6) is -0.0802. The first kappa shape index (κ1) is 13.1. The van der Waals surface area contributed by atoms with Gasteiger partial charge < -0.3 is 4.90 Å². The van der Waals surface area contributed by atoms with Crippen molar-refractivity contribution in [3.63, 3.8) is 0 Å². The summed E-state index contributed by atoms with van der Waals surface area (Å²) in [5.41, 5.74) is 3.29. The number of hydrogen-bond donors (Lipinski definition) is 0. The number of imide groups is 1. The Bertz CT molecular complexity index is 699. The van der Waals surface area contributed by atoms with Gasteiger partial charge in [0.15, 0.2) is 0 Å². The van der Waals surface area contributed by atoms with E-state index in [9.17, 15) is 9.59 Å². The van der Waals surface area contributed by atoms with E-state index in [-0.39, 0.29) is 18.0 Å². The Kier molecular flexibility index (Phi) is 2.96. The maximum absolute atomic E-state index is 12.6. The summed E-state index contributed by atoms with van der Waals surface area (Å²) in [6.07, 6.45) is 0.617. The Hall–Kier alpha value is -2.62. The summed E-state index contributed by atoms with van der Waals surface area (Å²) in [4.78, 5) is 28.3. The van der Waals surface area contributed by atoms with Crippen LogP contribution in [0.2, 0.25) is 0 Å². The molecule has 0 radical (unpaired) electrons. The first-order valence-corrected chi connectivity index (χ1v) is 7.47. The highest BCUT2D eigenvalue weighted by molar-refractivity contribution is 6.04. The third-order valence-electron chi connectivity index (χ3n) is 4.46. The highest BCUT2D eigenvalue weighted by Crippen LogP contribution is 2.30. The van der Waals surface area contributed by atoms with E-state index >= 15 is 0 Å². The Labute approximate surface area is 129 Å². The molecular formula is C18H16N2O2. The van der Waals surface area contributed by atoms with Crippen molar-refractivity contribution < 1.29 is 9.59 Å². The maximum Gasteiger partial charge on any atom is 0.328 e. The van der Waals surface area contributed by atoms with Gasteiger partial charge in [0, 0.05) is 13.0 Å². The Morgan fingerprint density at radius 3 is 2.36 bits per heavy atom. The van der Waals surface area contributed by atoms with Gasteiger partial charge in [0.05, 0.1) is 6.54 Å². The normalized spacial score (nSPS) is 20.1. The minimum absolute atomic E-state index is 0.0802. The average Bonchev–Trinajstić information content (AvgIpc) is 2.79. The number of amides is 3. The standard InChI is InChI=1S/C18H16N2O2/c21-17-16-10-14-8-4-5-9-15(14)12-19(16)18(22)20(17)11-13-6-2-1-3-7-13/h1-9,16H,10-12H2/t16-/m0/s1. The van der Waals surface area contributed by atoms with E-state index in [2.05, 4.69) is 0 Å². The molecule has 22 heavy (non-hydrogen) atoms. The van der Waals surface area contributed by atoms with Crippen molar-refractivity contribution in [1.82, 2.24) is 9.80 Å². The molecule has 4 heteroatoms. The van der Waals surface area contributed by atoms with E-state index in [1.807, 2.05) is 54.6 Å². The summed E-state index contributed by atoms with van der Waals surface area (Å²) >= 11 is 0. The van der Waals surface area contributed by atoms with Gasteiger partial charge in [-0.15, -0.1) is 0 Å². The number of benzene rings is 2. The topological polar surface area (TPSA) is 40.6 Å². The van der Waals surface area contributed by atoms with Crippen LogP contribution in [-0.2, 0) is 24.3 Å². The molecule has 0 unspecified atom stereocenters. The molecule has 2 aromatic rings. The van der Waals surface area contributed by atoms with E-state index in [4.69, 9.17) is 0 Å². The zero-order valence-corrected chi connectivity index (χ0v) is 12.1. The SMILES string of the molecule is O=C1[C@@H]2Cc3ccccc3CN2C(=O)N1Cc1ccccc1. The lowest BCUT2D eigenvalue weighted by atomic mass is 9.95. The van der Waals surface area contributed by atoms with Gasteiger partial charge in [0.25, 0.3) is 5.91 Å². The number of hydrogen-bond acceptors (Lipinski definition) is 2. The molecule has 0 aliphatic carbocycles. The lowest BCUT2D eigenvalue weighted by molar-refractivity contribution is -0.128. The van der Waals surface area contributed by atoms with Crippen molar-refractivity contribution in [3.8, 4) is 0 Å². The summed E-state index contributed by atoms with van der Waals surface area (Å²) < 4.78 is 0. The first-order chi connectivity index (χ1) is 10.7. The van der Waals surface area contributed by atoms with Gasteiger partial charge in [0.1, 0.15) is 6.04 Å². The highest BCUT2D eigenvalue weighted by atomic mass is 16.2. The van der Waals surface area contributed by atoms with Crippen molar-refractivity contribution >= 4 is 11.9 Å². The van der Waals surface area contributed by atoms with Crippen molar-refractivity contribution in [2.45, 2.75) is 25.6 Å². The Morgan fingerprint density at radius 1 is 0.909 bits per heavy atom. The zero-order chi connectivity index (χ0) is 15.1. The number of nitrogens with zero attached hydrogens (tertiary/aromatic N) is 2. The van der Waals surface area contributed by atoms with E-state index in [0.717, 1.165) is 11.1 Å². The van der Waals surface area contributed by atoms with Crippen molar-refractivity contribution in [1.29, 1.82) is 0 Å². The minimum atomic E-state index is -0.342. The molecule has 110 valence electrons. The van der Waals surface area contributed by atoms with E-state index in [0.29, 0.717) is 19.5 Å². The molecule has 0 aromatic heterocycles. The van der Waals surface area contributed by atoms with Crippen LogP contribution >= 0.6 is 0 Å². The van der Waals surface area contributed by atoms with Gasteiger partial charge in [0.2, 0.25) is 0 Å². The molecule has 1 saturated heterocycles. The minimum Gasteiger partial charge on any atom is -0.308 e. The van der Waals surface area contributed by atoms with Gasteiger partial charge >= 0.3 is 6.03 Å². The van der Waals surface area contributed by atoms with Crippen LogP contribution in [0.5, 0.6) is 0 Å². The summed E-state index contributed by atoms with van der Waals surface area (Å²) in [6, 6.07) is 17.2. The quantitative estimate of drug-likeness (QED) is 0.798. The third-order valence-corrected chi connectivity index (χ3v) is 4.46. The average molecular weight is 292 g/mol. The predicted molar refractivity (Wildman–Crippen MR) is 81.9 cm³/mol. The number of urea groups is 1. The zero-order valence-electron chi connectivity index (χ0n) is 12.1. The smallest absolute Gasteiger partial charge is 0.308 e. The van der Waals surface area contributed by atoms with Crippen molar-refractivity contribution in [2.75, 3.05) is 0 Å². The lowest BCUT2D eigenvalue weighted by Gasteiger charge is -2.28. The summed E-state index contributed by atoms with van der Waals surface area (Å²) in [5, 5.41) is 0. The van der Waals surface area contributed by atoms with Gasteiger partial charge in [-0.1, -0.05) is 54.6 Å². The van der Waals surface area contributed by atoms with Crippen LogP contribution in [0.4, 0.5) is 4.79 Å². The van der Waals surface area contributed by atoms with Crippen molar-refractivity contribution in [3.05, 3.63) is 71.3 Å². The van der Waals surface area contributed by atoms with E-state index in [1.54, 1.807) is 4.90 Å². The van der Waals surface area contributed by atoms with Crippen LogP contribution in [0.3, 0.4) is 0 Å². The van der Waals surface area contributed by atoms with Gasteiger partial charge in [-0.05, 0) is 16.7 Å². The molecule has 2 aliphatic rings. The van der Waals surface area contributed by atoms with Crippen LogP contribution in [0.15, 0.2) is 54.6 Å². The molecule has 2 aliphatic heterocycles. The second-order valence-corrected chi connectivity index (χ2v) is 5.81. The van der Waals surface area contributed by atoms with Crippen molar-refractivity contribution in [2.24, 2.45) is 0 Å². The molecule has 2 aromatic carbocycles. The molecule has 0 N–H and O–H groups in total. The molecule has 0 spiro atoms. The van der Waals surface area contributed by atoms with Crippen LogP contribution < -0.4 is 0 Å². The fourth-order valence-electron chi connectivity index (χ4n) is 3.29. The third kappa shape index (κ3) is 1.99. The molecule has 2 heterocycles. The van der Waals surface area contributed by atoms with Crippen LogP contribution in [0.1, 0.15) is 16.7 Å². The van der Waals surface area contributed by atoms with Crippen LogP contribution in [-0.4, -0.2) is 27.8 Å². The molecule has 4 rings (SSSR count). The molecule has 0 bridgehead atoms. The molecule has 1 atom stereocenters. The largest absolute Gasteiger partial charge is 0.328 e. The first-order valence-electron chi connectivity index (χ1n) is 7.47. The number of rotatable bonds is 2. The number of carbonyl (C=O) groups excluding carboxylic acids is 2. The Morgan fingerprint density at radius 2 is 1.59 bits per heavy atom. The Balaban J connectivity index is 1.62. The van der Waals surface area contributed by atoms with Crippen LogP contribution in [0.25, 0.3) is 0 Å². The lowest BCUT2D eigenvalue weighted by Crippen LogP contribution is -2.39. The monoisotopic (exact) mass is 292 g/mol. The molecule has 0 saturated carbocycles. The summed E-state index contributed by atoms with van der Waals surface area (Å²) in [6.45, 7) is 0.874. The second kappa shape index (κ2) is 4.98. The van der Waals surface area contributed by atoms with Gasteiger partial charge in [-0.25, -0.2) is 4.79 Å². The molecular weight excluding hydrogens is 276 g/mol. The van der Waals surface area contributed by atoms with Crippen LogP contribution in [0, 0.1) is 0 Å². The highest BCUT2D eigenvalue weighted by Gasteiger charge is 2.46. The van der Waals surface area contributed by atoms with E-state index in [1.165, 1.54) is 10.5 Å². The molecule has 3 amide bonds. The fraction of sp³-hybridized carbons (Fsp3) is 0.222. The summed E-state index contributed by atoms with van der Waals surface area (Å²) in [7, 11) is 0. The number of fused-ring (bicyclic) bond motifs is 2. The fourth-order valence-corrected chi connectivity index (χ4v) is 3.29. The number of carbonyl (C=O) groups is 2. The second-order valence-electron chi connectivity index (χ2n) is 5.81. The van der Waals surface area contributed by atoms with Gasteiger partial charge in [-0.3, -0.25) is 9.69 Å². The molecule has 1 fully saturated rings. The van der Waals surface area contributed by atoms with E-state index < -0.39 is 0 Å². The van der Waals surface area contributed by atoms with Gasteiger partial charge in [-0.2, -0.15) is 0 Å².